The van der Waals surface area contributed by atoms with Gasteiger partial charge in [0.2, 0.25) is 0 Å². The maximum absolute atomic E-state index is 9.44. The van der Waals surface area contributed by atoms with E-state index in [9.17, 15) is 5.11 Å². The first-order valence-electron chi connectivity index (χ1n) is 11.6. The van der Waals surface area contributed by atoms with Gasteiger partial charge in [-0.05, 0) is 61.0 Å². The zero-order chi connectivity index (χ0) is 24.8. The molecule has 3 N–H and O–H groups in total. The van der Waals surface area contributed by atoms with Gasteiger partial charge in [-0.3, -0.25) is 9.55 Å². The van der Waals surface area contributed by atoms with E-state index in [0.717, 1.165) is 16.9 Å². The number of aliphatic hydroxyl groups is 1. The third-order valence-electron chi connectivity index (χ3n) is 5.27. The van der Waals surface area contributed by atoms with Crippen molar-refractivity contribution in [3.05, 3.63) is 78.6 Å². The van der Waals surface area contributed by atoms with Gasteiger partial charge in [0.25, 0.3) is 0 Å². The number of nitrogens with zero attached hydrogens (tertiary/aromatic N) is 5. The first-order chi connectivity index (χ1) is 17.2. The fourth-order valence-electron chi connectivity index (χ4n) is 3.67. The van der Waals surface area contributed by atoms with E-state index in [4.69, 9.17) is 20.4 Å². The molecule has 4 aromatic heterocycles. The molecule has 0 radical (unpaired) electrons. The van der Waals surface area contributed by atoms with E-state index >= 15 is 0 Å². The highest BCUT2D eigenvalue weighted by Crippen LogP contribution is 2.31. The summed E-state index contributed by atoms with van der Waals surface area (Å²) in [6, 6.07) is 18.9. The summed E-state index contributed by atoms with van der Waals surface area (Å²) in [4.78, 5) is 18.5. The number of benzene rings is 1. The van der Waals surface area contributed by atoms with E-state index in [0.29, 0.717) is 46.4 Å². The summed E-state index contributed by atoms with van der Waals surface area (Å²) >= 11 is 0. The van der Waals surface area contributed by atoms with Crippen molar-refractivity contribution in [2.24, 2.45) is 0 Å². The topological polar surface area (TPSA) is 112 Å². The van der Waals surface area contributed by atoms with Gasteiger partial charge in [-0.2, -0.15) is 0 Å². The first kappa shape index (κ1) is 23.8. The van der Waals surface area contributed by atoms with Crippen LogP contribution in [0.4, 0.5) is 5.82 Å². The van der Waals surface area contributed by atoms with Gasteiger partial charge in [-0.25, -0.2) is 15.0 Å². The molecule has 0 aliphatic carbocycles. The summed E-state index contributed by atoms with van der Waals surface area (Å²) < 4.78 is 7.44. The zero-order valence-corrected chi connectivity index (χ0v) is 20.0. The number of nitrogen functional groups attached to an aromatic ring is 1. The molecule has 8 nitrogen and oxygen atoms in total. The quantitative estimate of drug-likeness (QED) is 0.359. The fraction of sp³-hybridized carbons (Fsp3) is 0.185. The number of pyridine rings is 3. The van der Waals surface area contributed by atoms with Gasteiger partial charge >= 0.3 is 0 Å². The SMILES string of the molecule is CC.CCOc1ccc(-c2ccc3nc(-c4cccnc4N)n(-c4ccc(CO)cc4)c3n2)nc1. The molecule has 8 heteroatoms. The average Bonchev–Trinajstić information content (AvgIpc) is 3.29. The second kappa shape index (κ2) is 10.8. The maximum Gasteiger partial charge on any atom is 0.165 e. The van der Waals surface area contributed by atoms with E-state index < -0.39 is 0 Å². The highest BCUT2D eigenvalue weighted by atomic mass is 16.5. The number of aromatic nitrogens is 5. The second-order valence-electron chi connectivity index (χ2n) is 7.38. The Morgan fingerprint density at radius 3 is 2.34 bits per heavy atom. The summed E-state index contributed by atoms with van der Waals surface area (Å²) in [5.74, 6) is 1.73. The molecular formula is C27H28N6O2. The summed E-state index contributed by atoms with van der Waals surface area (Å²) in [6.45, 7) is 6.49. The van der Waals surface area contributed by atoms with Gasteiger partial charge in [-0.15, -0.1) is 0 Å². The van der Waals surface area contributed by atoms with E-state index in [1.54, 1.807) is 12.4 Å². The number of imidazole rings is 1. The predicted molar refractivity (Wildman–Crippen MR) is 138 cm³/mol. The van der Waals surface area contributed by atoms with Gasteiger partial charge < -0.3 is 15.6 Å². The van der Waals surface area contributed by atoms with Crippen LogP contribution in [0.1, 0.15) is 26.3 Å². The van der Waals surface area contributed by atoms with Crippen LogP contribution >= 0.6 is 0 Å². The van der Waals surface area contributed by atoms with Gasteiger partial charge in [0.15, 0.2) is 11.5 Å². The molecule has 0 amide bonds. The summed E-state index contributed by atoms with van der Waals surface area (Å²) in [6.07, 6.45) is 3.34. The molecule has 0 spiro atoms. The number of fused-ring (bicyclic) bond motifs is 1. The van der Waals surface area contributed by atoms with E-state index in [1.807, 2.05) is 86.0 Å². The largest absolute Gasteiger partial charge is 0.492 e. The lowest BCUT2D eigenvalue weighted by Gasteiger charge is -2.11. The monoisotopic (exact) mass is 468 g/mol. The van der Waals surface area contributed by atoms with Crippen molar-refractivity contribution in [2.75, 3.05) is 12.3 Å². The number of hydrogen-bond donors (Lipinski definition) is 2. The number of anilines is 1. The molecule has 5 aromatic rings. The molecule has 0 aliphatic rings. The van der Waals surface area contributed by atoms with E-state index in [-0.39, 0.29) is 6.61 Å². The predicted octanol–water partition coefficient (Wildman–Crippen LogP) is 5.04. The average molecular weight is 469 g/mol. The summed E-state index contributed by atoms with van der Waals surface area (Å²) in [7, 11) is 0. The molecule has 1 aromatic carbocycles. The molecule has 0 unspecified atom stereocenters. The number of hydrogen-bond acceptors (Lipinski definition) is 7. The molecule has 5 rings (SSSR count). The summed E-state index contributed by atoms with van der Waals surface area (Å²) in [5.41, 5.74) is 11.4. The molecule has 0 aliphatic heterocycles. The molecule has 35 heavy (non-hydrogen) atoms. The molecule has 178 valence electrons. The number of aliphatic hydroxyl groups excluding tert-OH is 1. The second-order valence-corrected chi connectivity index (χ2v) is 7.38. The van der Waals surface area contributed by atoms with Crippen molar-refractivity contribution < 1.29 is 9.84 Å². The van der Waals surface area contributed by atoms with E-state index in [1.165, 1.54) is 0 Å². The Balaban J connectivity index is 0.00000141. The third kappa shape index (κ3) is 4.83. The van der Waals surface area contributed by atoms with Crippen molar-refractivity contribution in [2.45, 2.75) is 27.4 Å². The molecule has 4 heterocycles. The van der Waals surface area contributed by atoms with Gasteiger partial charge in [0, 0.05) is 11.9 Å². The first-order valence-corrected chi connectivity index (χ1v) is 11.6. The molecule has 0 fully saturated rings. The van der Waals surface area contributed by atoms with Crippen LogP contribution in [-0.2, 0) is 6.61 Å². The van der Waals surface area contributed by atoms with E-state index in [2.05, 4.69) is 9.97 Å². The van der Waals surface area contributed by atoms with Gasteiger partial charge in [0.05, 0.1) is 36.4 Å². The van der Waals surface area contributed by atoms with Gasteiger partial charge in [-0.1, -0.05) is 26.0 Å². The minimum absolute atomic E-state index is 0.0286. The standard InChI is InChI=1S/C25H22N6O2.C2H6/c1-2-33-18-9-10-20(28-14-18)21-11-12-22-25(29-21)31(17-7-5-16(15-32)6-8-17)24(30-22)19-4-3-13-27-23(19)26;1-2/h3-14,32H,2,15H2,1H3,(H2,26,27);1-2H3. The van der Waals surface area contributed by atoms with Crippen molar-refractivity contribution in [1.82, 2.24) is 24.5 Å². The Morgan fingerprint density at radius 2 is 1.69 bits per heavy atom. The fourth-order valence-corrected chi connectivity index (χ4v) is 3.67. The minimum Gasteiger partial charge on any atom is -0.492 e. The highest BCUT2D eigenvalue weighted by molar-refractivity contribution is 5.84. The maximum atomic E-state index is 9.44. The van der Waals surface area contributed by atoms with Crippen LogP contribution < -0.4 is 10.5 Å². The Bertz CT molecular complexity index is 1410. The Kier molecular flexibility index (Phi) is 7.32. The zero-order valence-electron chi connectivity index (χ0n) is 20.0. The van der Waals surface area contributed by atoms with Crippen molar-refractivity contribution >= 4 is 17.0 Å². The Labute approximate surface area is 204 Å². The molecular weight excluding hydrogens is 440 g/mol. The van der Waals surface area contributed by atoms with Crippen molar-refractivity contribution in [3.8, 4) is 34.2 Å². The number of nitrogens with two attached hydrogens (primary N) is 1. The van der Waals surface area contributed by atoms with Crippen LogP contribution in [0.3, 0.4) is 0 Å². The number of rotatable bonds is 6. The van der Waals surface area contributed by atoms with Gasteiger partial charge in [0.1, 0.15) is 17.1 Å². The normalized spacial score (nSPS) is 10.6. The number of ether oxygens (including phenoxy) is 1. The van der Waals surface area contributed by atoms with Crippen LogP contribution in [-0.4, -0.2) is 36.2 Å². The molecule has 0 bridgehead atoms. The van der Waals surface area contributed by atoms with Crippen molar-refractivity contribution in [3.63, 3.8) is 0 Å². The Hall–Kier alpha value is -4.30. The van der Waals surface area contributed by atoms with Crippen LogP contribution in [0.25, 0.3) is 39.6 Å². The lowest BCUT2D eigenvalue weighted by Crippen LogP contribution is -2.02. The highest BCUT2D eigenvalue weighted by Gasteiger charge is 2.19. The Morgan fingerprint density at radius 1 is 0.914 bits per heavy atom. The van der Waals surface area contributed by atoms with Crippen LogP contribution in [0, 0.1) is 0 Å². The third-order valence-corrected chi connectivity index (χ3v) is 5.27. The smallest absolute Gasteiger partial charge is 0.165 e. The van der Waals surface area contributed by atoms with Crippen molar-refractivity contribution in [1.29, 1.82) is 0 Å². The molecule has 0 atom stereocenters. The lowest BCUT2D eigenvalue weighted by molar-refractivity contribution is 0.282. The molecule has 0 saturated carbocycles. The van der Waals surface area contributed by atoms with Crippen LogP contribution in [0.5, 0.6) is 5.75 Å². The lowest BCUT2D eigenvalue weighted by atomic mass is 10.2. The van der Waals surface area contributed by atoms with Crippen LogP contribution in [0.15, 0.2) is 73.1 Å². The minimum atomic E-state index is -0.0286. The summed E-state index contributed by atoms with van der Waals surface area (Å²) in [5, 5.41) is 9.44. The van der Waals surface area contributed by atoms with Crippen LogP contribution in [0.2, 0.25) is 0 Å². The molecule has 0 saturated heterocycles.